The predicted octanol–water partition coefficient (Wildman–Crippen LogP) is 6.24. The Labute approximate surface area is 261 Å². The molecule has 0 aliphatic carbocycles. The first-order valence-corrected chi connectivity index (χ1v) is 15.8. The lowest BCUT2D eigenvalue weighted by atomic mass is 10.1. The monoisotopic (exact) mass is 656 g/mol. The number of benzene rings is 3. The summed E-state index contributed by atoms with van der Waals surface area (Å²) in [6, 6.07) is 15.7. The molecule has 3 heterocycles. The number of nitrogen functional groups attached to an aromatic ring is 1. The molecular formula is C31H28F4N6O4S. The van der Waals surface area contributed by atoms with E-state index in [0.717, 1.165) is 4.31 Å². The minimum atomic E-state index is -4.93. The Kier molecular flexibility index (Phi) is 8.29. The van der Waals surface area contributed by atoms with Gasteiger partial charge in [-0.2, -0.15) is 13.8 Å². The number of halogens is 4. The first-order chi connectivity index (χ1) is 22.0. The number of nitrogens with zero attached hydrogens (tertiary/aromatic N) is 5. The van der Waals surface area contributed by atoms with Gasteiger partial charge in [-0.05, 0) is 63.1 Å². The fourth-order valence-corrected chi connectivity index (χ4v) is 7.07. The minimum Gasteiger partial charge on any atom is -0.486 e. The van der Waals surface area contributed by atoms with E-state index in [1.165, 1.54) is 24.9 Å². The maximum atomic E-state index is 15.1. The average molecular weight is 657 g/mol. The highest BCUT2D eigenvalue weighted by Gasteiger charge is 2.40. The van der Waals surface area contributed by atoms with Crippen LogP contribution in [0, 0.1) is 23.3 Å². The van der Waals surface area contributed by atoms with Gasteiger partial charge in [-0.1, -0.05) is 18.2 Å². The first kappa shape index (κ1) is 31.2. The van der Waals surface area contributed by atoms with Gasteiger partial charge in [0.05, 0.1) is 17.5 Å². The molecule has 46 heavy (non-hydrogen) atoms. The van der Waals surface area contributed by atoms with E-state index in [9.17, 15) is 21.6 Å². The molecule has 1 saturated heterocycles. The van der Waals surface area contributed by atoms with Crippen molar-refractivity contribution in [3.63, 3.8) is 0 Å². The fourth-order valence-electron chi connectivity index (χ4n) is 5.39. The Balaban J connectivity index is 1.36. The zero-order valence-corrected chi connectivity index (χ0v) is 25.4. The Bertz CT molecular complexity index is 2030. The first-order valence-electron chi connectivity index (χ1n) is 14.3. The van der Waals surface area contributed by atoms with E-state index in [4.69, 9.17) is 20.3 Å². The lowest BCUT2D eigenvalue weighted by molar-refractivity contribution is 0.211. The SMILES string of the molecule is CC(C)Oc1c(F)c(F)c(F)c(F)c1S(=O)(=O)N1CCC[C@@H](n2nc(-c3ccc(Oc4ccccc4)cc3)c3c(N)ncnc32)C1. The van der Waals surface area contributed by atoms with Crippen molar-refractivity contribution in [3.8, 4) is 28.5 Å². The van der Waals surface area contributed by atoms with E-state index in [2.05, 4.69) is 9.97 Å². The smallest absolute Gasteiger partial charge is 0.250 e. The molecule has 1 aliphatic heterocycles. The zero-order chi connectivity index (χ0) is 32.7. The van der Waals surface area contributed by atoms with Crippen molar-refractivity contribution in [1.82, 2.24) is 24.1 Å². The minimum absolute atomic E-state index is 0.105. The van der Waals surface area contributed by atoms with E-state index in [1.807, 2.05) is 30.3 Å². The lowest BCUT2D eigenvalue weighted by Gasteiger charge is -2.32. The molecule has 2 aromatic heterocycles. The standard InChI is InChI=1S/C31H28F4N6O4S/c1-17(2)44-28-25(34)23(32)24(33)26(35)29(28)46(42,43)40-14-6-7-19(15-40)41-31-22(30(36)37-16-38-31)27(39-41)18-10-12-21(13-11-18)45-20-8-4-3-5-9-20/h3-5,8-13,16-17,19H,6-7,14-15H2,1-2H3,(H2,36,37,38)/t19-/m1/s1. The molecule has 1 atom stereocenters. The molecule has 2 N–H and O–H groups in total. The van der Waals surface area contributed by atoms with Gasteiger partial charge >= 0.3 is 0 Å². The number of hydrogen-bond donors (Lipinski definition) is 1. The maximum absolute atomic E-state index is 15.1. The maximum Gasteiger partial charge on any atom is 0.250 e. The van der Waals surface area contributed by atoms with E-state index in [0.29, 0.717) is 40.2 Å². The molecule has 0 spiro atoms. The topological polar surface area (TPSA) is 125 Å². The Hall–Kier alpha value is -4.76. The Morgan fingerprint density at radius 1 is 0.913 bits per heavy atom. The molecular weight excluding hydrogens is 628 g/mol. The molecule has 0 saturated carbocycles. The van der Waals surface area contributed by atoms with Crippen LogP contribution >= 0.6 is 0 Å². The van der Waals surface area contributed by atoms with Crippen molar-refractivity contribution in [1.29, 1.82) is 0 Å². The van der Waals surface area contributed by atoms with Gasteiger partial charge in [0, 0.05) is 18.7 Å². The van der Waals surface area contributed by atoms with Crippen molar-refractivity contribution in [2.45, 2.75) is 43.7 Å². The number of hydrogen-bond acceptors (Lipinski definition) is 8. The summed E-state index contributed by atoms with van der Waals surface area (Å²) in [5, 5.41) is 5.20. The van der Waals surface area contributed by atoms with Crippen LogP contribution in [0.15, 0.2) is 65.8 Å². The van der Waals surface area contributed by atoms with Crippen LogP contribution < -0.4 is 15.2 Å². The van der Waals surface area contributed by atoms with Crippen LogP contribution in [0.4, 0.5) is 23.4 Å². The van der Waals surface area contributed by atoms with Crippen molar-refractivity contribution >= 4 is 26.9 Å². The van der Waals surface area contributed by atoms with Crippen LogP contribution in [-0.2, 0) is 10.0 Å². The van der Waals surface area contributed by atoms with Crippen LogP contribution in [-0.4, -0.2) is 51.7 Å². The average Bonchev–Trinajstić information content (AvgIpc) is 3.44. The van der Waals surface area contributed by atoms with Gasteiger partial charge in [0.2, 0.25) is 21.7 Å². The molecule has 240 valence electrons. The molecule has 15 heteroatoms. The number of nitrogens with two attached hydrogens (primary N) is 1. The Morgan fingerprint density at radius 3 is 2.28 bits per heavy atom. The molecule has 10 nitrogen and oxygen atoms in total. The number of rotatable bonds is 8. The molecule has 0 radical (unpaired) electrons. The molecule has 0 unspecified atom stereocenters. The molecule has 0 amide bonds. The summed E-state index contributed by atoms with van der Waals surface area (Å²) in [5.74, 6) is -8.26. The van der Waals surface area contributed by atoms with Gasteiger partial charge in [0.15, 0.2) is 27.9 Å². The molecule has 6 rings (SSSR count). The van der Waals surface area contributed by atoms with Gasteiger partial charge in [-0.3, -0.25) is 0 Å². The van der Waals surface area contributed by atoms with E-state index in [-0.39, 0.29) is 25.3 Å². The van der Waals surface area contributed by atoms with Crippen LogP contribution in [0.3, 0.4) is 0 Å². The van der Waals surface area contributed by atoms with Gasteiger partial charge in [0.25, 0.3) is 0 Å². The van der Waals surface area contributed by atoms with Gasteiger partial charge in [-0.25, -0.2) is 36.2 Å². The van der Waals surface area contributed by atoms with Gasteiger partial charge in [-0.15, -0.1) is 0 Å². The van der Waals surface area contributed by atoms with E-state index < -0.39 is 56.1 Å². The van der Waals surface area contributed by atoms with Crippen LogP contribution in [0.2, 0.25) is 0 Å². The second-order valence-electron chi connectivity index (χ2n) is 10.9. The summed E-state index contributed by atoms with van der Waals surface area (Å²) < 4.78 is 99.3. The fraction of sp³-hybridized carbons (Fsp3) is 0.258. The highest BCUT2D eigenvalue weighted by molar-refractivity contribution is 7.89. The van der Waals surface area contributed by atoms with Crippen LogP contribution in [0.5, 0.6) is 17.2 Å². The largest absolute Gasteiger partial charge is 0.486 e. The summed E-state index contributed by atoms with van der Waals surface area (Å²) in [6.07, 6.45) is 1.09. The molecule has 1 aliphatic rings. The van der Waals surface area contributed by atoms with Crippen molar-refractivity contribution < 1.29 is 35.5 Å². The summed E-state index contributed by atoms with van der Waals surface area (Å²) in [4.78, 5) is 7.07. The number of aromatic nitrogens is 4. The number of ether oxygens (including phenoxy) is 2. The van der Waals surface area contributed by atoms with Gasteiger partial charge in [0.1, 0.15) is 29.3 Å². The van der Waals surface area contributed by atoms with Crippen LogP contribution in [0.25, 0.3) is 22.3 Å². The number of fused-ring (bicyclic) bond motifs is 1. The second kappa shape index (κ2) is 12.2. The number of piperidine rings is 1. The zero-order valence-electron chi connectivity index (χ0n) is 24.6. The third-order valence-corrected chi connectivity index (χ3v) is 9.36. The number of para-hydroxylation sites is 1. The third kappa shape index (κ3) is 5.60. The van der Waals surface area contributed by atoms with Crippen LogP contribution in [0.1, 0.15) is 32.7 Å². The summed E-state index contributed by atoms with van der Waals surface area (Å²) in [7, 11) is -4.93. The predicted molar refractivity (Wildman–Crippen MR) is 161 cm³/mol. The molecule has 0 bridgehead atoms. The number of sulfonamides is 1. The highest BCUT2D eigenvalue weighted by Crippen LogP contribution is 2.39. The normalized spacial score (nSPS) is 15.8. The van der Waals surface area contributed by atoms with E-state index >= 15 is 4.39 Å². The highest BCUT2D eigenvalue weighted by atomic mass is 32.2. The Morgan fingerprint density at radius 2 is 1.59 bits per heavy atom. The van der Waals surface area contributed by atoms with Crippen molar-refractivity contribution in [3.05, 3.63) is 84.2 Å². The third-order valence-electron chi connectivity index (χ3n) is 7.46. The van der Waals surface area contributed by atoms with Gasteiger partial charge < -0.3 is 15.2 Å². The molecule has 1 fully saturated rings. The quantitative estimate of drug-likeness (QED) is 0.118. The van der Waals surface area contributed by atoms with Crippen molar-refractivity contribution in [2.24, 2.45) is 0 Å². The second-order valence-corrected chi connectivity index (χ2v) is 12.8. The van der Waals surface area contributed by atoms with Crippen molar-refractivity contribution in [2.75, 3.05) is 18.8 Å². The molecule has 3 aromatic carbocycles. The summed E-state index contributed by atoms with van der Waals surface area (Å²) in [5.41, 5.74) is 7.67. The lowest BCUT2D eigenvalue weighted by Crippen LogP contribution is -2.41. The summed E-state index contributed by atoms with van der Waals surface area (Å²) >= 11 is 0. The number of anilines is 1. The summed E-state index contributed by atoms with van der Waals surface area (Å²) in [6.45, 7) is 2.44. The van der Waals surface area contributed by atoms with E-state index in [1.54, 1.807) is 24.3 Å². The molecule has 5 aromatic rings.